The number of allylic oxidation sites excluding steroid dienone is 8. The lowest BCUT2D eigenvalue weighted by atomic mass is 9.82. The van der Waals surface area contributed by atoms with Gasteiger partial charge in [-0.2, -0.15) is 0 Å². The molecule has 1 heterocycles. The Balaban J connectivity index is 1.61. The Morgan fingerprint density at radius 1 is 0.513 bits per heavy atom. The Labute approximate surface area is 229 Å². The van der Waals surface area contributed by atoms with Gasteiger partial charge in [0.25, 0.3) is 0 Å². The summed E-state index contributed by atoms with van der Waals surface area (Å²) in [6.45, 7) is 9.03. The lowest BCUT2D eigenvalue weighted by molar-refractivity contribution is 0.403. The lowest BCUT2D eigenvalue weighted by Gasteiger charge is -2.21. The van der Waals surface area contributed by atoms with Gasteiger partial charge in [0.15, 0.2) is 0 Å². The molecule has 0 saturated heterocycles. The summed E-state index contributed by atoms with van der Waals surface area (Å²) >= 11 is 0. The van der Waals surface area contributed by atoms with E-state index < -0.39 is 0 Å². The molecule has 1 aliphatic rings. The number of hydrogen-bond donors (Lipinski definition) is 0. The van der Waals surface area contributed by atoms with Crippen LogP contribution in [0.4, 0.5) is 0 Å². The first-order valence-corrected chi connectivity index (χ1v) is 13.1. The minimum atomic E-state index is 0.848. The minimum absolute atomic E-state index is 0.848. The van der Waals surface area contributed by atoms with Gasteiger partial charge in [-0.3, -0.25) is 0 Å². The monoisotopic (exact) mass is 500 g/mol. The van der Waals surface area contributed by atoms with E-state index in [1.165, 1.54) is 32.7 Å². The molecule has 0 radical (unpaired) electrons. The normalized spacial score (nSPS) is 18.4. The second-order valence-electron chi connectivity index (χ2n) is 9.52. The molecule has 0 aliphatic carbocycles. The fraction of sp³-hybridized carbons (Fsp3) is 0. The summed E-state index contributed by atoms with van der Waals surface area (Å²) in [7, 11) is 0. The molecule has 5 aromatic rings. The van der Waals surface area contributed by atoms with Crippen LogP contribution in [0, 0.1) is 0 Å². The van der Waals surface area contributed by atoms with E-state index in [1.54, 1.807) is 12.5 Å². The van der Waals surface area contributed by atoms with Crippen molar-refractivity contribution in [3.8, 4) is 11.1 Å². The molecule has 39 heavy (non-hydrogen) atoms. The van der Waals surface area contributed by atoms with Gasteiger partial charge >= 0.3 is 0 Å². The van der Waals surface area contributed by atoms with Crippen LogP contribution in [0.25, 0.3) is 43.8 Å². The maximum absolute atomic E-state index is 5.72. The summed E-state index contributed by atoms with van der Waals surface area (Å²) in [5.74, 6) is 0. The van der Waals surface area contributed by atoms with Gasteiger partial charge in [0.1, 0.15) is 0 Å². The molecule has 0 unspecified atom stereocenters. The molecule has 186 valence electrons. The summed E-state index contributed by atoms with van der Waals surface area (Å²) in [5.41, 5.74) is 8.39. The first-order chi connectivity index (χ1) is 19.2. The summed E-state index contributed by atoms with van der Waals surface area (Å²) in [4.78, 5) is 0. The number of benzene rings is 5. The first kappa shape index (κ1) is 24.2. The van der Waals surface area contributed by atoms with E-state index in [-0.39, 0.29) is 0 Å². The van der Waals surface area contributed by atoms with Crippen molar-refractivity contribution in [3.63, 3.8) is 0 Å². The topological polar surface area (TPSA) is 9.23 Å². The molecule has 0 bridgehead atoms. The van der Waals surface area contributed by atoms with Crippen LogP contribution in [0.15, 0.2) is 170 Å². The molecule has 1 nitrogen and oxygen atoms in total. The van der Waals surface area contributed by atoms with Crippen molar-refractivity contribution in [3.05, 3.63) is 181 Å². The Bertz CT molecular complexity index is 1770. The van der Waals surface area contributed by atoms with E-state index in [0.29, 0.717) is 0 Å². The Morgan fingerprint density at radius 2 is 1.03 bits per heavy atom. The number of hydrogen-bond acceptors (Lipinski definition) is 1. The van der Waals surface area contributed by atoms with Crippen LogP contribution in [0.2, 0.25) is 0 Å². The Hall–Kier alpha value is -5.14. The molecule has 5 aromatic carbocycles. The molecule has 1 heteroatoms. The lowest BCUT2D eigenvalue weighted by Crippen LogP contribution is -1.97. The zero-order valence-electron chi connectivity index (χ0n) is 21.7. The zero-order valence-corrected chi connectivity index (χ0v) is 21.7. The molecule has 0 amide bonds. The van der Waals surface area contributed by atoms with Gasteiger partial charge in [0.2, 0.25) is 0 Å². The van der Waals surface area contributed by atoms with Crippen molar-refractivity contribution in [1.29, 1.82) is 0 Å². The SMILES string of the molecule is C=C1/C=C(c2ccccc2)\C=C/O/C=C\C=C(\c2c3ccccc3c(-c3ccccc3)c3ccccc23)C1=C. The summed E-state index contributed by atoms with van der Waals surface area (Å²) < 4.78 is 5.72. The number of ether oxygens (including phenoxy) is 1. The van der Waals surface area contributed by atoms with Crippen molar-refractivity contribution in [2.24, 2.45) is 0 Å². The highest BCUT2D eigenvalue weighted by Gasteiger charge is 2.19. The van der Waals surface area contributed by atoms with Crippen LogP contribution in [-0.2, 0) is 4.74 Å². The minimum Gasteiger partial charge on any atom is -0.473 e. The second kappa shape index (κ2) is 10.7. The molecule has 1 aliphatic heterocycles. The Morgan fingerprint density at radius 3 is 1.62 bits per heavy atom. The summed E-state index contributed by atoms with van der Waals surface area (Å²) in [6.07, 6.45) is 11.5. The van der Waals surface area contributed by atoms with Crippen LogP contribution in [0.5, 0.6) is 0 Å². The molecule has 0 spiro atoms. The van der Waals surface area contributed by atoms with Gasteiger partial charge in [0.05, 0.1) is 12.5 Å². The Kier molecular flexibility index (Phi) is 6.64. The van der Waals surface area contributed by atoms with E-state index in [4.69, 9.17) is 4.74 Å². The largest absolute Gasteiger partial charge is 0.473 e. The molecular formula is C38H28O. The standard InChI is InChI=1S/C38H28O/c1-27-26-31(29-14-5-3-6-15-29)23-25-39-24-13-22-32(28(27)2)38-35-20-11-9-18-33(35)37(30-16-7-4-8-17-30)34-19-10-12-21-36(34)38/h3-26H,1-2H2/b24-13-,25-23-,31-26+,32-22+. The predicted molar refractivity (Wildman–Crippen MR) is 167 cm³/mol. The highest BCUT2D eigenvalue weighted by molar-refractivity contribution is 6.20. The average molecular weight is 501 g/mol. The quantitative estimate of drug-likeness (QED) is 0.224. The van der Waals surface area contributed by atoms with Crippen LogP contribution >= 0.6 is 0 Å². The summed E-state index contributed by atoms with van der Waals surface area (Å²) in [6, 6.07) is 38.2. The van der Waals surface area contributed by atoms with Gasteiger partial charge in [0, 0.05) is 0 Å². The molecule has 0 N–H and O–H groups in total. The number of fused-ring (bicyclic) bond motifs is 2. The van der Waals surface area contributed by atoms with Gasteiger partial charge in [-0.25, -0.2) is 0 Å². The van der Waals surface area contributed by atoms with Crippen LogP contribution in [-0.4, -0.2) is 0 Å². The van der Waals surface area contributed by atoms with Gasteiger partial charge in [-0.1, -0.05) is 128 Å². The van der Waals surface area contributed by atoms with Crippen molar-refractivity contribution in [2.45, 2.75) is 0 Å². The van der Waals surface area contributed by atoms with Gasteiger partial charge in [-0.15, -0.1) is 0 Å². The molecule has 0 fully saturated rings. The highest BCUT2D eigenvalue weighted by Crippen LogP contribution is 2.44. The molecule has 6 rings (SSSR count). The third-order valence-corrected chi connectivity index (χ3v) is 7.16. The smallest absolute Gasteiger partial charge is 0.0907 e. The first-order valence-electron chi connectivity index (χ1n) is 13.1. The van der Waals surface area contributed by atoms with Crippen LogP contribution in [0.3, 0.4) is 0 Å². The van der Waals surface area contributed by atoms with Gasteiger partial charge in [-0.05, 0) is 84.3 Å². The van der Waals surface area contributed by atoms with Crippen molar-refractivity contribution in [2.75, 3.05) is 0 Å². The third kappa shape index (κ3) is 4.67. The zero-order chi connectivity index (χ0) is 26.6. The molecular weight excluding hydrogens is 472 g/mol. The van der Waals surface area contributed by atoms with E-state index in [0.717, 1.165) is 33.4 Å². The van der Waals surface area contributed by atoms with Crippen LogP contribution < -0.4 is 0 Å². The van der Waals surface area contributed by atoms with Crippen LogP contribution in [0.1, 0.15) is 11.1 Å². The maximum Gasteiger partial charge on any atom is 0.0907 e. The van der Waals surface area contributed by atoms with E-state index in [9.17, 15) is 0 Å². The summed E-state index contributed by atoms with van der Waals surface area (Å²) in [5, 5.41) is 4.75. The fourth-order valence-electron chi connectivity index (χ4n) is 5.31. The molecule has 0 aromatic heterocycles. The van der Waals surface area contributed by atoms with Crippen molar-refractivity contribution >= 4 is 32.7 Å². The maximum atomic E-state index is 5.72. The second-order valence-corrected chi connectivity index (χ2v) is 9.52. The molecule has 0 saturated carbocycles. The van der Waals surface area contributed by atoms with Gasteiger partial charge < -0.3 is 4.74 Å². The highest BCUT2D eigenvalue weighted by atomic mass is 16.5. The van der Waals surface area contributed by atoms with Crippen molar-refractivity contribution < 1.29 is 4.74 Å². The van der Waals surface area contributed by atoms with E-state index in [1.807, 2.05) is 30.4 Å². The van der Waals surface area contributed by atoms with E-state index in [2.05, 4.69) is 116 Å². The van der Waals surface area contributed by atoms with E-state index >= 15 is 0 Å². The molecule has 0 atom stereocenters. The third-order valence-electron chi connectivity index (χ3n) is 7.16. The predicted octanol–water partition coefficient (Wildman–Crippen LogP) is 10.3. The average Bonchev–Trinajstić information content (AvgIpc) is 3.02. The van der Waals surface area contributed by atoms with Crippen molar-refractivity contribution in [1.82, 2.24) is 0 Å². The number of rotatable bonds is 3. The fourth-order valence-corrected chi connectivity index (χ4v) is 5.31.